The first-order chi connectivity index (χ1) is 13.7. The van der Waals surface area contributed by atoms with Crippen LogP contribution in [0, 0.1) is 5.82 Å². The first-order valence-electron chi connectivity index (χ1n) is 8.94. The number of nitrogens with zero attached hydrogens (tertiary/aromatic N) is 3. The predicted molar refractivity (Wildman–Crippen MR) is 121 cm³/mol. The Morgan fingerprint density at radius 2 is 1.97 bits per heavy atom. The largest absolute Gasteiger partial charge is 0.350 e. The van der Waals surface area contributed by atoms with E-state index in [9.17, 15) is 18.3 Å². The maximum atomic E-state index is 13.4. The number of amides is 1. The van der Waals surface area contributed by atoms with Crippen LogP contribution in [-0.4, -0.2) is 54.1 Å². The number of aryl methyl sites for hydroxylation is 1. The lowest BCUT2D eigenvalue weighted by Crippen LogP contribution is -2.42. The number of nitrogens with one attached hydrogen (secondary N) is 1. The zero-order chi connectivity index (χ0) is 20.8. The van der Waals surface area contributed by atoms with Gasteiger partial charge in [-0.05, 0) is 24.3 Å². The Morgan fingerprint density at radius 1 is 1.27 bits per heavy atom. The summed E-state index contributed by atoms with van der Waals surface area (Å²) in [5.74, 6) is 0.193. The number of hydrogen-bond acceptors (Lipinski definition) is 5. The summed E-state index contributed by atoms with van der Waals surface area (Å²) in [6, 6.07) is 6.15. The van der Waals surface area contributed by atoms with Gasteiger partial charge in [0, 0.05) is 43.6 Å². The molecule has 1 aliphatic heterocycles. The minimum atomic E-state index is -2.58. The van der Waals surface area contributed by atoms with Gasteiger partial charge in [-0.15, -0.1) is 12.4 Å². The Morgan fingerprint density at radius 3 is 2.63 bits per heavy atom. The van der Waals surface area contributed by atoms with Crippen molar-refractivity contribution in [2.24, 2.45) is 7.05 Å². The van der Waals surface area contributed by atoms with E-state index in [0.717, 1.165) is 5.39 Å². The van der Waals surface area contributed by atoms with E-state index in [4.69, 9.17) is 11.6 Å². The van der Waals surface area contributed by atoms with Gasteiger partial charge in [0.2, 0.25) is 0 Å². The molecule has 3 heterocycles. The number of fused-ring (bicyclic) bond motifs is 1. The average Bonchev–Trinajstić information content (AvgIpc) is 3.07. The van der Waals surface area contributed by atoms with Gasteiger partial charge in [0.1, 0.15) is 11.6 Å². The maximum Gasteiger partial charge on any atom is 0.257 e. The Bertz CT molecular complexity index is 1100. The molecule has 162 valence electrons. The number of carbonyl (C=O) groups is 1. The van der Waals surface area contributed by atoms with E-state index < -0.39 is 16.4 Å². The molecule has 11 heteroatoms. The normalized spacial score (nSPS) is 16.8. The summed E-state index contributed by atoms with van der Waals surface area (Å²) >= 11 is 5.85. The summed E-state index contributed by atoms with van der Waals surface area (Å²) in [7, 11) is -0.744. The van der Waals surface area contributed by atoms with Crippen molar-refractivity contribution in [2.75, 3.05) is 29.9 Å². The molecule has 7 nitrogen and oxygen atoms in total. The molecule has 1 saturated heterocycles. The lowest BCUT2D eigenvalue weighted by molar-refractivity contribution is 0.0769. The molecule has 0 atom stereocenters. The zero-order valence-electron chi connectivity index (χ0n) is 16.0. The van der Waals surface area contributed by atoms with Crippen LogP contribution in [0.4, 0.5) is 15.9 Å². The van der Waals surface area contributed by atoms with Crippen molar-refractivity contribution in [1.82, 2.24) is 14.5 Å². The van der Waals surface area contributed by atoms with Crippen LogP contribution < -0.4 is 5.32 Å². The van der Waals surface area contributed by atoms with E-state index in [2.05, 4.69) is 10.3 Å². The molecule has 3 N–H and O–H groups in total. The van der Waals surface area contributed by atoms with Gasteiger partial charge in [0.25, 0.3) is 5.91 Å². The Kier molecular flexibility index (Phi) is 6.49. The van der Waals surface area contributed by atoms with E-state index in [1.807, 2.05) is 23.9 Å². The monoisotopic (exact) mass is 474 g/mol. The van der Waals surface area contributed by atoms with E-state index in [0.29, 0.717) is 35.7 Å². The molecular formula is C19H21Cl2FN4O3S. The van der Waals surface area contributed by atoms with Crippen LogP contribution in [0.2, 0.25) is 5.02 Å². The second-order valence-electron chi connectivity index (χ2n) is 6.97. The quantitative estimate of drug-likeness (QED) is 0.509. The van der Waals surface area contributed by atoms with Gasteiger partial charge < -0.3 is 14.8 Å². The van der Waals surface area contributed by atoms with Crippen LogP contribution in [0.3, 0.4) is 0 Å². The van der Waals surface area contributed by atoms with Gasteiger partial charge in [0.15, 0.2) is 0 Å². The second-order valence-corrected chi connectivity index (χ2v) is 9.79. The smallest absolute Gasteiger partial charge is 0.257 e. The summed E-state index contributed by atoms with van der Waals surface area (Å²) in [5.41, 5.74) is 1.72. The molecule has 1 fully saturated rings. The summed E-state index contributed by atoms with van der Waals surface area (Å²) in [6.45, 7) is 0.586. The molecular weight excluding hydrogens is 454 g/mol. The predicted octanol–water partition coefficient (Wildman–Crippen LogP) is 4.74. The first-order valence-corrected chi connectivity index (χ1v) is 11.2. The molecule has 4 rings (SSSR count). The van der Waals surface area contributed by atoms with Crippen molar-refractivity contribution in [3.05, 3.63) is 53.1 Å². The molecule has 0 spiro atoms. The van der Waals surface area contributed by atoms with Crippen LogP contribution in [0.25, 0.3) is 10.9 Å². The van der Waals surface area contributed by atoms with Crippen LogP contribution in [0.5, 0.6) is 0 Å². The van der Waals surface area contributed by atoms with Crippen LogP contribution >= 0.6 is 34.6 Å². The Hall–Kier alpha value is -2.04. The number of anilines is 2. The minimum absolute atomic E-state index is 0. The summed E-state index contributed by atoms with van der Waals surface area (Å²) < 4.78 is 34.8. The number of aromatic nitrogens is 2. The van der Waals surface area contributed by atoms with Crippen molar-refractivity contribution in [3.8, 4) is 0 Å². The molecule has 0 radical (unpaired) electrons. The highest BCUT2D eigenvalue weighted by Crippen LogP contribution is 2.40. The number of pyridine rings is 1. The van der Waals surface area contributed by atoms with E-state index in [1.54, 1.807) is 11.0 Å². The zero-order valence-corrected chi connectivity index (χ0v) is 18.4. The number of carbonyl (C=O) groups excluding carboxylic acids is 1. The molecule has 1 aromatic carbocycles. The third-order valence-electron chi connectivity index (χ3n) is 4.98. The lowest BCUT2D eigenvalue weighted by Gasteiger charge is -2.40. The molecule has 2 aromatic heterocycles. The van der Waals surface area contributed by atoms with E-state index in [-0.39, 0.29) is 34.8 Å². The van der Waals surface area contributed by atoms with Gasteiger partial charge in [-0.2, -0.15) is 10.6 Å². The van der Waals surface area contributed by atoms with E-state index >= 15 is 0 Å². The van der Waals surface area contributed by atoms with Gasteiger partial charge in [-0.25, -0.2) is 9.37 Å². The van der Waals surface area contributed by atoms with E-state index in [1.165, 1.54) is 18.3 Å². The fourth-order valence-corrected chi connectivity index (χ4v) is 4.79. The molecule has 30 heavy (non-hydrogen) atoms. The highest BCUT2D eigenvalue weighted by molar-refractivity contribution is 8.24. The van der Waals surface area contributed by atoms with Crippen molar-refractivity contribution < 1.29 is 18.3 Å². The molecule has 1 aliphatic rings. The molecule has 3 aromatic rings. The second kappa shape index (κ2) is 8.60. The van der Waals surface area contributed by atoms with Crippen LogP contribution in [-0.2, 0) is 7.05 Å². The summed E-state index contributed by atoms with van der Waals surface area (Å²) in [6.07, 6.45) is 3.34. The minimum Gasteiger partial charge on any atom is -0.350 e. The van der Waals surface area contributed by atoms with Gasteiger partial charge in [-0.3, -0.25) is 13.9 Å². The van der Waals surface area contributed by atoms with Crippen molar-refractivity contribution >= 4 is 62.9 Å². The average molecular weight is 475 g/mol. The third-order valence-corrected chi connectivity index (χ3v) is 6.94. The van der Waals surface area contributed by atoms with Gasteiger partial charge in [0.05, 0.1) is 27.6 Å². The standard InChI is InChI=1S/C19H20ClFN4O3S.ClH/c1-24-5-4-13-17(24)14(19(26)25-6-8-29(27,28)9-7-25)11-22-18(13)23-12-2-3-16(21)15(20)10-12;/h2-5,10-11,27-28H,6-9H2,1H3,(H,22,23);1H. The highest BCUT2D eigenvalue weighted by atomic mass is 35.5. The van der Waals surface area contributed by atoms with Gasteiger partial charge >= 0.3 is 0 Å². The number of benzene rings is 1. The topological polar surface area (TPSA) is 90.6 Å². The maximum absolute atomic E-state index is 13.4. The molecule has 0 bridgehead atoms. The Labute approximate surface area is 185 Å². The third kappa shape index (κ3) is 4.35. The summed E-state index contributed by atoms with van der Waals surface area (Å²) in [5, 5.41) is 3.86. The molecule has 1 amide bonds. The van der Waals surface area contributed by atoms with Crippen molar-refractivity contribution in [2.45, 2.75) is 0 Å². The van der Waals surface area contributed by atoms with Crippen LogP contribution in [0.15, 0.2) is 36.7 Å². The van der Waals surface area contributed by atoms with Crippen molar-refractivity contribution in [3.63, 3.8) is 0 Å². The number of halogens is 3. The van der Waals surface area contributed by atoms with Crippen LogP contribution in [0.1, 0.15) is 10.4 Å². The number of hydrogen-bond donors (Lipinski definition) is 3. The highest BCUT2D eigenvalue weighted by Gasteiger charge is 2.28. The number of rotatable bonds is 3. The Balaban J connectivity index is 0.00000256. The summed E-state index contributed by atoms with van der Waals surface area (Å²) in [4.78, 5) is 19.1. The van der Waals surface area contributed by atoms with Crippen molar-refractivity contribution in [1.29, 1.82) is 0 Å². The SMILES string of the molecule is Cl.Cn1ccc2c(Nc3ccc(F)c(Cl)c3)ncc(C(=O)N3CCS(O)(O)CC3)c21. The van der Waals surface area contributed by atoms with Gasteiger partial charge in [-0.1, -0.05) is 11.6 Å². The fourth-order valence-electron chi connectivity index (χ4n) is 3.38. The molecule has 0 unspecified atom stereocenters. The lowest BCUT2D eigenvalue weighted by atomic mass is 10.1. The molecule has 0 aliphatic carbocycles. The fraction of sp³-hybridized carbons (Fsp3) is 0.263. The molecule has 0 saturated carbocycles. The first kappa shape index (κ1) is 22.6.